The number of aromatic nitrogens is 2. The molecular formula is C22H24N4O5S. The molecule has 0 aliphatic carbocycles. The number of ether oxygens (including phenoxy) is 1. The van der Waals surface area contributed by atoms with Gasteiger partial charge in [-0.1, -0.05) is 17.3 Å². The number of benzene rings is 2. The van der Waals surface area contributed by atoms with Gasteiger partial charge >= 0.3 is 11.8 Å². The lowest BCUT2D eigenvalue weighted by molar-refractivity contribution is 0.0674. The third-order valence-corrected chi connectivity index (χ3v) is 6.85. The number of carbonyl (C=O) groups is 1. The van der Waals surface area contributed by atoms with Crippen LogP contribution in [0.3, 0.4) is 0 Å². The Morgan fingerprint density at radius 2 is 1.81 bits per heavy atom. The molecule has 1 amide bonds. The first-order valence-electron chi connectivity index (χ1n) is 10.3. The number of rotatable bonds is 6. The maximum absolute atomic E-state index is 13.0. The van der Waals surface area contributed by atoms with Crippen molar-refractivity contribution in [3.8, 4) is 17.1 Å². The summed E-state index contributed by atoms with van der Waals surface area (Å²) in [4.78, 5) is 18.6. The lowest BCUT2D eigenvalue weighted by Gasteiger charge is -2.24. The summed E-state index contributed by atoms with van der Waals surface area (Å²) in [5.41, 5.74) is 1.40. The molecule has 9 nitrogen and oxygen atoms in total. The molecule has 0 bridgehead atoms. The number of anilines is 1. The highest BCUT2D eigenvalue weighted by molar-refractivity contribution is 7.92. The van der Waals surface area contributed by atoms with Crippen molar-refractivity contribution in [3.05, 3.63) is 53.9 Å². The number of piperidine rings is 1. The van der Waals surface area contributed by atoms with Crippen LogP contribution < -0.4 is 9.46 Å². The molecule has 4 rings (SSSR count). The van der Waals surface area contributed by atoms with E-state index in [2.05, 4.69) is 14.9 Å². The SMILES string of the molecule is COc1ccc(NS(=O)(=O)c2cc(-c3noc(C(=O)N4CCCCC4)n3)ccc2C)cc1. The minimum Gasteiger partial charge on any atom is -0.497 e. The van der Waals surface area contributed by atoms with E-state index in [0.29, 0.717) is 35.7 Å². The highest BCUT2D eigenvalue weighted by Crippen LogP contribution is 2.26. The summed E-state index contributed by atoms with van der Waals surface area (Å²) in [5.74, 6) is 0.386. The zero-order chi connectivity index (χ0) is 22.7. The molecule has 0 spiro atoms. The molecule has 1 aliphatic rings. The number of methoxy groups -OCH3 is 1. The van der Waals surface area contributed by atoms with Crippen molar-refractivity contribution in [3.63, 3.8) is 0 Å². The third-order valence-electron chi connectivity index (χ3n) is 5.33. The van der Waals surface area contributed by atoms with Gasteiger partial charge in [0.2, 0.25) is 5.82 Å². The summed E-state index contributed by atoms with van der Waals surface area (Å²) < 4.78 is 38.9. The van der Waals surface area contributed by atoms with Crippen molar-refractivity contribution >= 4 is 21.6 Å². The van der Waals surface area contributed by atoms with Crippen LogP contribution in [0, 0.1) is 6.92 Å². The lowest BCUT2D eigenvalue weighted by atomic mass is 10.1. The third kappa shape index (κ3) is 4.59. The van der Waals surface area contributed by atoms with Crippen molar-refractivity contribution in [2.45, 2.75) is 31.1 Å². The highest BCUT2D eigenvalue weighted by Gasteiger charge is 2.25. The second kappa shape index (κ2) is 8.99. The van der Waals surface area contributed by atoms with Gasteiger partial charge in [0, 0.05) is 24.3 Å². The summed E-state index contributed by atoms with van der Waals surface area (Å²) in [6.07, 6.45) is 3.00. The molecule has 0 radical (unpaired) electrons. The van der Waals surface area contributed by atoms with E-state index in [-0.39, 0.29) is 22.5 Å². The number of nitrogens with one attached hydrogen (secondary N) is 1. The van der Waals surface area contributed by atoms with Crippen LogP contribution in [-0.4, -0.2) is 49.6 Å². The number of sulfonamides is 1. The highest BCUT2D eigenvalue weighted by atomic mass is 32.2. The Hall–Kier alpha value is -3.40. The minimum atomic E-state index is -3.87. The zero-order valence-corrected chi connectivity index (χ0v) is 18.7. The zero-order valence-electron chi connectivity index (χ0n) is 17.9. The number of hydrogen-bond acceptors (Lipinski definition) is 7. The molecule has 3 aromatic rings. The molecule has 1 aromatic heterocycles. The first-order valence-corrected chi connectivity index (χ1v) is 11.8. The number of carbonyl (C=O) groups excluding carboxylic acids is 1. The van der Waals surface area contributed by atoms with E-state index >= 15 is 0 Å². The van der Waals surface area contributed by atoms with Gasteiger partial charge in [-0.15, -0.1) is 0 Å². The normalized spacial score (nSPS) is 14.2. The maximum atomic E-state index is 13.0. The Balaban J connectivity index is 1.58. The van der Waals surface area contributed by atoms with E-state index in [9.17, 15) is 13.2 Å². The fourth-order valence-electron chi connectivity index (χ4n) is 3.56. The molecule has 0 atom stereocenters. The molecule has 1 fully saturated rings. The average molecular weight is 457 g/mol. The standard InChI is InChI=1S/C22H24N4O5S/c1-15-6-7-16(20-23-21(31-24-20)22(27)26-12-4-3-5-13-26)14-19(15)32(28,29)25-17-8-10-18(30-2)11-9-17/h6-11,14,25H,3-5,12-13H2,1-2H3. The van der Waals surface area contributed by atoms with Gasteiger partial charge in [-0.2, -0.15) is 4.98 Å². The molecule has 1 N–H and O–H groups in total. The second-order valence-corrected chi connectivity index (χ2v) is 9.24. The Bertz CT molecular complexity index is 1220. The largest absolute Gasteiger partial charge is 0.497 e. The van der Waals surface area contributed by atoms with Gasteiger partial charge in [0.05, 0.1) is 12.0 Å². The van der Waals surface area contributed by atoms with Crippen LogP contribution in [-0.2, 0) is 10.0 Å². The van der Waals surface area contributed by atoms with Gasteiger partial charge in [0.25, 0.3) is 10.0 Å². The molecule has 0 unspecified atom stereocenters. The van der Waals surface area contributed by atoms with Crippen molar-refractivity contribution < 1.29 is 22.5 Å². The van der Waals surface area contributed by atoms with Crippen LogP contribution in [0.1, 0.15) is 35.5 Å². The number of hydrogen-bond donors (Lipinski definition) is 1. The van der Waals surface area contributed by atoms with Crippen LogP contribution >= 0.6 is 0 Å². The Morgan fingerprint density at radius 1 is 1.09 bits per heavy atom. The van der Waals surface area contributed by atoms with Crippen LogP contribution in [0.25, 0.3) is 11.4 Å². The predicted octanol–water partition coefficient (Wildman–Crippen LogP) is 3.48. The predicted molar refractivity (Wildman–Crippen MR) is 118 cm³/mol. The molecule has 2 aromatic carbocycles. The molecule has 1 saturated heterocycles. The fraction of sp³-hybridized carbons (Fsp3) is 0.318. The summed E-state index contributed by atoms with van der Waals surface area (Å²) >= 11 is 0. The quantitative estimate of drug-likeness (QED) is 0.604. The van der Waals surface area contributed by atoms with E-state index in [1.165, 1.54) is 13.2 Å². The smallest absolute Gasteiger partial charge is 0.316 e. The average Bonchev–Trinajstić information content (AvgIpc) is 3.30. The number of aryl methyl sites for hydroxylation is 1. The van der Waals surface area contributed by atoms with E-state index in [0.717, 1.165) is 19.3 Å². The second-order valence-electron chi connectivity index (χ2n) is 7.59. The van der Waals surface area contributed by atoms with E-state index in [1.54, 1.807) is 48.2 Å². The lowest BCUT2D eigenvalue weighted by Crippen LogP contribution is -2.35. The van der Waals surface area contributed by atoms with E-state index < -0.39 is 10.0 Å². The minimum absolute atomic E-state index is 0.0829. The van der Waals surface area contributed by atoms with Gasteiger partial charge in [0.15, 0.2) is 0 Å². The first-order chi connectivity index (χ1) is 15.4. The maximum Gasteiger partial charge on any atom is 0.316 e. The topological polar surface area (TPSA) is 115 Å². The van der Waals surface area contributed by atoms with Crippen molar-refractivity contribution in [1.29, 1.82) is 0 Å². The van der Waals surface area contributed by atoms with Gasteiger partial charge in [0.1, 0.15) is 5.75 Å². The molecule has 2 heterocycles. The van der Waals surface area contributed by atoms with Gasteiger partial charge in [-0.3, -0.25) is 9.52 Å². The summed E-state index contributed by atoms with van der Waals surface area (Å²) in [6, 6.07) is 11.4. The Kier molecular flexibility index (Phi) is 6.13. The Morgan fingerprint density at radius 3 is 2.50 bits per heavy atom. The number of nitrogens with zero attached hydrogens (tertiary/aromatic N) is 3. The monoisotopic (exact) mass is 456 g/mol. The van der Waals surface area contributed by atoms with Gasteiger partial charge < -0.3 is 14.2 Å². The molecule has 0 saturated carbocycles. The summed E-state index contributed by atoms with van der Waals surface area (Å²) in [7, 11) is -2.33. The molecule has 32 heavy (non-hydrogen) atoms. The first kappa shape index (κ1) is 21.8. The molecule has 10 heteroatoms. The van der Waals surface area contributed by atoms with Gasteiger partial charge in [-0.05, 0) is 62.1 Å². The van der Waals surface area contributed by atoms with Crippen LogP contribution in [0.4, 0.5) is 5.69 Å². The number of likely N-dealkylation sites (tertiary alicyclic amines) is 1. The van der Waals surface area contributed by atoms with Crippen LogP contribution in [0.2, 0.25) is 0 Å². The molecule has 1 aliphatic heterocycles. The fourth-order valence-corrected chi connectivity index (χ4v) is 4.89. The van der Waals surface area contributed by atoms with Crippen molar-refractivity contribution in [2.24, 2.45) is 0 Å². The van der Waals surface area contributed by atoms with Crippen molar-refractivity contribution in [2.75, 3.05) is 24.9 Å². The molecule has 168 valence electrons. The van der Waals surface area contributed by atoms with Crippen LogP contribution in [0.15, 0.2) is 51.9 Å². The van der Waals surface area contributed by atoms with Gasteiger partial charge in [-0.25, -0.2) is 8.42 Å². The summed E-state index contributed by atoms with van der Waals surface area (Å²) in [6.45, 7) is 3.04. The molecular weight excluding hydrogens is 432 g/mol. The van der Waals surface area contributed by atoms with Crippen molar-refractivity contribution in [1.82, 2.24) is 15.0 Å². The number of amides is 1. The van der Waals surface area contributed by atoms with E-state index in [1.807, 2.05) is 0 Å². The van der Waals surface area contributed by atoms with Crippen LogP contribution in [0.5, 0.6) is 5.75 Å². The van der Waals surface area contributed by atoms with E-state index in [4.69, 9.17) is 9.26 Å². The Labute approximate surface area is 186 Å². The summed E-state index contributed by atoms with van der Waals surface area (Å²) in [5, 5.41) is 3.90.